The first kappa shape index (κ1) is 13.4. The molecule has 1 aromatic carbocycles. The molecule has 1 aliphatic rings. The number of hydrogen-bond donors (Lipinski definition) is 1. The molecule has 2 aromatic rings. The van der Waals surface area contributed by atoms with Crippen molar-refractivity contribution in [2.24, 2.45) is 0 Å². The molecule has 0 aliphatic carbocycles. The van der Waals surface area contributed by atoms with Crippen molar-refractivity contribution in [1.82, 2.24) is 9.88 Å². The van der Waals surface area contributed by atoms with Crippen molar-refractivity contribution in [3.63, 3.8) is 0 Å². The number of nitrogens with zero attached hydrogens (tertiary/aromatic N) is 2. The van der Waals surface area contributed by atoms with Crippen molar-refractivity contribution < 1.29 is 9.53 Å². The fourth-order valence-electron chi connectivity index (χ4n) is 2.45. The number of aromatic nitrogens is 1. The molecule has 1 amide bonds. The van der Waals surface area contributed by atoms with Crippen LogP contribution >= 0.6 is 0 Å². The second-order valence-corrected chi connectivity index (χ2v) is 5.07. The standard InChI is InChI=1S/C16H17N3O2/c17-14-4-3-13-10-19(7-5-12(13)8-14)16(20)11-21-15-2-1-6-18-9-15/h1-4,6,8-9H,5,7,10-11,17H2. The number of ether oxygens (including phenoxy) is 1. The van der Waals surface area contributed by atoms with Crippen LogP contribution in [-0.2, 0) is 17.8 Å². The van der Waals surface area contributed by atoms with Crippen molar-refractivity contribution >= 4 is 11.6 Å². The fraction of sp³-hybridized carbons (Fsp3) is 0.250. The molecule has 5 heteroatoms. The maximum atomic E-state index is 12.2. The van der Waals surface area contributed by atoms with Crippen molar-refractivity contribution in [3.8, 4) is 5.75 Å². The number of nitrogen functional groups attached to an aromatic ring is 1. The highest BCUT2D eigenvalue weighted by Crippen LogP contribution is 2.21. The minimum atomic E-state index is -0.0127. The van der Waals surface area contributed by atoms with Gasteiger partial charge in [-0.3, -0.25) is 9.78 Å². The van der Waals surface area contributed by atoms with E-state index in [0.717, 1.165) is 17.7 Å². The number of carbonyl (C=O) groups excluding carboxylic acids is 1. The van der Waals surface area contributed by atoms with Gasteiger partial charge in [-0.15, -0.1) is 0 Å². The number of hydrogen-bond acceptors (Lipinski definition) is 4. The molecular formula is C16H17N3O2. The molecular weight excluding hydrogens is 266 g/mol. The lowest BCUT2D eigenvalue weighted by molar-refractivity contribution is -0.134. The van der Waals surface area contributed by atoms with E-state index in [2.05, 4.69) is 4.98 Å². The molecule has 1 aliphatic heterocycles. The monoisotopic (exact) mass is 283 g/mol. The molecule has 3 rings (SSSR count). The summed E-state index contributed by atoms with van der Waals surface area (Å²) in [4.78, 5) is 18.0. The number of carbonyl (C=O) groups is 1. The summed E-state index contributed by atoms with van der Waals surface area (Å²) < 4.78 is 5.45. The van der Waals surface area contributed by atoms with Gasteiger partial charge in [-0.1, -0.05) is 6.07 Å². The Bertz CT molecular complexity index is 643. The molecule has 1 aromatic heterocycles. The Kier molecular flexibility index (Phi) is 3.73. The summed E-state index contributed by atoms with van der Waals surface area (Å²) in [5.41, 5.74) is 8.94. The second-order valence-electron chi connectivity index (χ2n) is 5.07. The van der Waals surface area contributed by atoms with E-state index in [1.807, 2.05) is 23.1 Å². The third-order valence-electron chi connectivity index (χ3n) is 3.59. The molecule has 0 atom stereocenters. The van der Waals surface area contributed by atoms with Gasteiger partial charge in [-0.25, -0.2) is 0 Å². The van der Waals surface area contributed by atoms with Crippen LogP contribution in [0.15, 0.2) is 42.7 Å². The van der Waals surface area contributed by atoms with Crippen molar-refractivity contribution in [1.29, 1.82) is 0 Å². The molecule has 2 N–H and O–H groups in total. The molecule has 0 unspecified atom stereocenters. The maximum absolute atomic E-state index is 12.2. The number of benzene rings is 1. The minimum Gasteiger partial charge on any atom is -0.482 e. The first-order valence-electron chi connectivity index (χ1n) is 6.90. The summed E-state index contributed by atoms with van der Waals surface area (Å²) in [6.07, 6.45) is 4.10. The molecule has 0 bridgehead atoms. The number of anilines is 1. The predicted octanol–water partition coefficient (Wildman–Crippen LogP) is 1.63. The van der Waals surface area contributed by atoms with Crippen LogP contribution in [0, 0.1) is 0 Å². The van der Waals surface area contributed by atoms with Gasteiger partial charge in [0.2, 0.25) is 0 Å². The summed E-state index contributed by atoms with van der Waals surface area (Å²) in [6, 6.07) is 9.42. The zero-order chi connectivity index (χ0) is 14.7. The molecule has 0 saturated heterocycles. The van der Waals surface area contributed by atoms with E-state index in [1.54, 1.807) is 24.5 Å². The van der Waals surface area contributed by atoms with Crippen molar-refractivity contribution in [3.05, 3.63) is 53.9 Å². The molecule has 21 heavy (non-hydrogen) atoms. The zero-order valence-corrected chi connectivity index (χ0v) is 11.7. The van der Waals surface area contributed by atoms with E-state index in [4.69, 9.17) is 10.5 Å². The molecule has 0 radical (unpaired) electrons. The predicted molar refractivity (Wildman–Crippen MR) is 79.7 cm³/mol. The second kappa shape index (κ2) is 5.83. The van der Waals surface area contributed by atoms with E-state index in [-0.39, 0.29) is 12.5 Å². The van der Waals surface area contributed by atoms with Gasteiger partial charge in [-0.2, -0.15) is 0 Å². The first-order chi connectivity index (χ1) is 10.2. The SMILES string of the molecule is Nc1ccc2c(c1)CCN(C(=O)COc1cccnc1)C2. The highest BCUT2D eigenvalue weighted by molar-refractivity contribution is 5.78. The lowest BCUT2D eigenvalue weighted by Gasteiger charge is -2.29. The third kappa shape index (κ3) is 3.13. The van der Waals surface area contributed by atoms with Crippen molar-refractivity contribution in [2.75, 3.05) is 18.9 Å². The van der Waals surface area contributed by atoms with Crippen LogP contribution in [-0.4, -0.2) is 28.9 Å². The molecule has 5 nitrogen and oxygen atoms in total. The lowest BCUT2D eigenvalue weighted by atomic mass is 9.99. The molecule has 0 fully saturated rings. The van der Waals surface area contributed by atoms with Crippen LogP contribution in [0.2, 0.25) is 0 Å². The smallest absolute Gasteiger partial charge is 0.260 e. The van der Waals surface area contributed by atoms with Crippen LogP contribution in [0.4, 0.5) is 5.69 Å². The minimum absolute atomic E-state index is 0.0127. The van der Waals surface area contributed by atoms with Gasteiger partial charge in [0, 0.05) is 25.0 Å². The molecule has 2 heterocycles. The van der Waals surface area contributed by atoms with E-state index in [0.29, 0.717) is 18.8 Å². The van der Waals surface area contributed by atoms with Crippen LogP contribution in [0.25, 0.3) is 0 Å². The average molecular weight is 283 g/mol. The first-order valence-corrected chi connectivity index (χ1v) is 6.90. The van der Waals surface area contributed by atoms with Gasteiger partial charge in [0.15, 0.2) is 6.61 Å². The Morgan fingerprint density at radius 2 is 2.24 bits per heavy atom. The number of amides is 1. The normalized spacial score (nSPS) is 13.6. The largest absolute Gasteiger partial charge is 0.482 e. The van der Waals surface area contributed by atoms with E-state index in [9.17, 15) is 4.79 Å². The third-order valence-corrected chi connectivity index (χ3v) is 3.59. The van der Waals surface area contributed by atoms with E-state index >= 15 is 0 Å². The van der Waals surface area contributed by atoms with Crippen LogP contribution in [0.3, 0.4) is 0 Å². The number of rotatable bonds is 3. The molecule has 0 spiro atoms. The Morgan fingerprint density at radius 1 is 1.33 bits per heavy atom. The lowest BCUT2D eigenvalue weighted by Crippen LogP contribution is -2.38. The van der Waals surface area contributed by atoms with Gasteiger partial charge in [0.05, 0.1) is 6.20 Å². The molecule has 0 saturated carbocycles. The zero-order valence-electron chi connectivity index (χ0n) is 11.7. The fourth-order valence-corrected chi connectivity index (χ4v) is 2.45. The van der Waals surface area contributed by atoms with E-state index < -0.39 is 0 Å². The average Bonchev–Trinajstić information content (AvgIpc) is 2.53. The van der Waals surface area contributed by atoms with Gasteiger partial charge in [0.25, 0.3) is 5.91 Å². The summed E-state index contributed by atoms with van der Waals surface area (Å²) in [7, 11) is 0. The Hall–Kier alpha value is -2.56. The van der Waals surface area contributed by atoms with Crippen LogP contribution in [0.5, 0.6) is 5.75 Å². The quantitative estimate of drug-likeness (QED) is 0.869. The summed E-state index contributed by atoms with van der Waals surface area (Å²) >= 11 is 0. The van der Waals surface area contributed by atoms with Crippen LogP contribution < -0.4 is 10.5 Å². The topological polar surface area (TPSA) is 68.5 Å². The number of pyridine rings is 1. The van der Waals surface area contributed by atoms with E-state index in [1.165, 1.54) is 5.56 Å². The van der Waals surface area contributed by atoms with Gasteiger partial charge in [-0.05, 0) is 41.8 Å². The van der Waals surface area contributed by atoms with Crippen LogP contribution in [0.1, 0.15) is 11.1 Å². The Labute approximate surface area is 123 Å². The Balaban J connectivity index is 1.60. The summed E-state index contributed by atoms with van der Waals surface area (Å²) in [6.45, 7) is 1.35. The number of fused-ring (bicyclic) bond motifs is 1. The number of nitrogens with two attached hydrogens (primary N) is 1. The highest BCUT2D eigenvalue weighted by atomic mass is 16.5. The summed E-state index contributed by atoms with van der Waals surface area (Å²) in [5.74, 6) is 0.595. The van der Waals surface area contributed by atoms with Gasteiger partial charge in [0.1, 0.15) is 5.75 Å². The van der Waals surface area contributed by atoms with Gasteiger partial charge < -0.3 is 15.4 Å². The van der Waals surface area contributed by atoms with Gasteiger partial charge >= 0.3 is 0 Å². The maximum Gasteiger partial charge on any atom is 0.260 e. The van der Waals surface area contributed by atoms with Crippen molar-refractivity contribution in [2.45, 2.75) is 13.0 Å². The summed E-state index contributed by atoms with van der Waals surface area (Å²) in [5, 5.41) is 0. The highest BCUT2D eigenvalue weighted by Gasteiger charge is 2.21. The Morgan fingerprint density at radius 3 is 3.05 bits per heavy atom. The molecule has 108 valence electrons.